The molecule has 0 aliphatic carbocycles. The number of halogens is 13. The summed E-state index contributed by atoms with van der Waals surface area (Å²) in [6.07, 6.45) is -26.5. The Balaban J connectivity index is 1.72. The van der Waals surface area contributed by atoms with E-state index in [1.165, 1.54) is 25.7 Å². The van der Waals surface area contributed by atoms with Crippen molar-refractivity contribution in [1.82, 2.24) is 9.97 Å². The van der Waals surface area contributed by atoms with E-state index in [9.17, 15) is 57.1 Å². The van der Waals surface area contributed by atoms with Gasteiger partial charge in [-0.2, -0.15) is 43.9 Å². The highest BCUT2D eigenvalue weighted by Gasteiger charge is 2.74. The van der Waals surface area contributed by atoms with Crippen LogP contribution in [0.25, 0.3) is 11.4 Å². The third-order valence-corrected chi connectivity index (χ3v) is 6.72. The highest BCUT2D eigenvalue weighted by Crippen LogP contribution is 2.48. The molecule has 0 bridgehead atoms. The van der Waals surface area contributed by atoms with Crippen LogP contribution in [0.4, 0.5) is 57.1 Å². The first-order valence-electron chi connectivity index (χ1n) is 15.1. The Labute approximate surface area is 273 Å². The lowest BCUT2D eigenvalue weighted by Gasteiger charge is -2.33. The molecule has 0 unspecified atom stereocenters. The van der Waals surface area contributed by atoms with E-state index in [0.29, 0.717) is 25.1 Å². The van der Waals surface area contributed by atoms with Gasteiger partial charge in [0.1, 0.15) is 6.61 Å². The van der Waals surface area contributed by atoms with Gasteiger partial charge in [-0.15, -0.1) is 13.2 Å². The first kappa shape index (κ1) is 42.4. The molecular formula is C30H35F13N2O4. The van der Waals surface area contributed by atoms with Gasteiger partial charge in [0.25, 0.3) is 0 Å². The fourth-order valence-electron chi connectivity index (χ4n) is 4.22. The fourth-order valence-corrected chi connectivity index (χ4v) is 4.22. The highest BCUT2D eigenvalue weighted by molar-refractivity contribution is 5.55. The summed E-state index contributed by atoms with van der Waals surface area (Å²) in [6.45, 7) is -0.449. The maximum absolute atomic E-state index is 13.7. The van der Waals surface area contributed by atoms with Crippen molar-refractivity contribution < 1.29 is 76.0 Å². The first-order valence-corrected chi connectivity index (χ1v) is 15.1. The molecule has 0 saturated heterocycles. The van der Waals surface area contributed by atoms with Crippen molar-refractivity contribution in [1.29, 1.82) is 0 Å². The number of benzene rings is 1. The van der Waals surface area contributed by atoms with Crippen LogP contribution in [0.2, 0.25) is 0 Å². The summed E-state index contributed by atoms with van der Waals surface area (Å²) in [5.41, 5.74) is 2.77. The predicted molar refractivity (Wildman–Crippen MR) is 147 cm³/mol. The number of hydrogen-bond acceptors (Lipinski definition) is 6. The lowest BCUT2D eigenvalue weighted by Crippen LogP contribution is -2.57. The SMILES string of the molecule is CCCCCCCCc1cnc(-c2ccc(CCCCCOCC(F)(F)OC(F)(F)C(F)(F)OC(F)(F)C(F)(F)OC(F)(F)F)cc2)nc1. The van der Waals surface area contributed by atoms with E-state index in [0.717, 1.165) is 36.0 Å². The molecule has 0 fully saturated rings. The Morgan fingerprint density at radius 3 is 1.55 bits per heavy atom. The summed E-state index contributed by atoms with van der Waals surface area (Å²) >= 11 is 0. The summed E-state index contributed by atoms with van der Waals surface area (Å²) in [4.78, 5) is 8.85. The monoisotopic (exact) mass is 734 g/mol. The van der Waals surface area contributed by atoms with Gasteiger partial charge in [0.15, 0.2) is 5.82 Å². The molecule has 0 spiro atoms. The van der Waals surface area contributed by atoms with E-state index in [4.69, 9.17) is 0 Å². The predicted octanol–water partition coefficient (Wildman–Crippen LogP) is 10.3. The summed E-state index contributed by atoms with van der Waals surface area (Å²) in [7, 11) is 0. The molecule has 0 amide bonds. The van der Waals surface area contributed by atoms with E-state index >= 15 is 0 Å². The zero-order valence-corrected chi connectivity index (χ0v) is 26.1. The zero-order chi connectivity index (χ0) is 37.0. The Kier molecular flexibility index (Phi) is 15.5. The minimum atomic E-state index is -7.08. The molecule has 0 saturated carbocycles. The van der Waals surface area contributed by atoms with Crippen molar-refractivity contribution in [2.75, 3.05) is 13.2 Å². The van der Waals surface area contributed by atoms with Gasteiger partial charge in [0.05, 0.1) is 0 Å². The van der Waals surface area contributed by atoms with Crippen molar-refractivity contribution in [3.05, 3.63) is 47.8 Å². The molecule has 1 heterocycles. The lowest BCUT2D eigenvalue weighted by molar-refractivity contribution is -0.564. The minimum absolute atomic E-state index is 0.0866. The number of hydrogen-bond donors (Lipinski definition) is 0. The van der Waals surface area contributed by atoms with Crippen LogP contribution >= 0.6 is 0 Å². The molecule has 0 N–H and O–H groups in total. The smallest absolute Gasteiger partial charge is 0.372 e. The second kappa shape index (κ2) is 17.9. The Hall–Kier alpha value is -2.77. The molecule has 1 aromatic carbocycles. The summed E-state index contributed by atoms with van der Waals surface area (Å²) in [5.74, 6) is 0.556. The van der Waals surface area contributed by atoms with Crippen LogP contribution in [0.3, 0.4) is 0 Å². The number of rotatable bonds is 23. The zero-order valence-electron chi connectivity index (χ0n) is 26.1. The molecule has 0 atom stereocenters. The van der Waals surface area contributed by atoms with Crippen molar-refractivity contribution >= 4 is 0 Å². The molecule has 0 aliphatic heterocycles. The summed E-state index contributed by atoms with van der Waals surface area (Å²) in [6, 6.07) is 7.35. The minimum Gasteiger partial charge on any atom is -0.372 e. The van der Waals surface area contributed by atoms with Crippen molar-refractivity contribution in [3.63, 3.8) is 0 Å². The molecule has 0 aliphatic rings. The van der Waals surface area contributed by atoms with Gasteiger partial charge in [-0.1, -0.05) is 69.7 Å². The molecule has 280 valence electrons. The number of nitrogens with zero attached hydrogens (tertiary/aromatic N) is 2. The molecule has 2 aromatic rings. The molecule has 6 nitrogen and oxygen atoms in total. The van der Waals surface area contributed by atoms with E-state index in [-0.39, 0.29) is 6.42 Å². The van der Waals surface area contributed by atoms with Crippen LogP contribution in [0.1, 0.15) is 75.8 Å². The van der Waals surface area contributed by atoms with Gasteiger partial charge in [0, 0.05) is 24.6 Å². The van der Waals surface area contributed by atoms with Crippen LogP contribution in [0.5, 0.6) is 0 Å². The van der Waals surface area contributed by atoms with E-state index < -0.39 is 50.1 Å². The molecular weight excluding hydrogens is 699 g/mol. The van der Waals surface area contributed by atoms with Gasteiger partial charge in [-0.25, -0.2) is 24.2 Å². The summed E-state index contributed by atoms with van der Waals surface area (Å²) < 4.78 is 179. The van der Waals surface area contributed by atoms with Crippen molar-refractivity contribution in [2.45, 2.75) is 114 Å². The second-order valence-electron chi connectivity index (χ2n) is 10.9. The van der Waals surface area contributed by atoms with Crippen LogP contribution in [-0.2, 0) is 31.8 Å². The largest absolute Gasteiger partial charge is 0.527 e. The molecule has 19 heteroatoms. The average molecular weight is 735 g/mol. The number of unbranched alkanes of at least 4 members (excludes halogenated alkanes) is 7. The molecule has 2 rings (SSSR count). The normalized spacial score (nSPS) is 13.7. The van der Waals surface area contributed by atoms with Crippen LogP contribution in [0, 0.1) is 0 Å². The molecule has 0 radical (unpaired) electrons. The van der Waals surface area contributed by atoms with Gasteiger partial charge >= 0.3 is 36.9 Å². The number of ether oxygens (including phenoxy) is 4. The second-order valence-corrected chi connectivity index (χ2v) is 10.9. The van der Waals surface area contributed by atoms with E-state index in [1.54, 1.807) is 17.1 Å². The van der Waals surface area contributed by atoms with E-state index in [1.807, 2.05) is 29.0 Å². The number of aromatic nitrogens is 2. The van der Waals surface area contributed by atoms with Crippen LogP contribution in [-0.4, -0.2) is 60.1 Å². The molecule has 1 aromatic heterocycles. The van der Waals surface area contributed by atoms with E-state index in [2.05, 4.69) is 26.4 Å². The Morgan fingerprint density at radius 2 is 1.00 bits per heavy atom. The molecule has 49 heavy (non-hydrogen) atoms. The topological polar surface area (TPSA) is 62.7 Å². The summed E-state index contributed by atoms with van der Waals surface area (Å²) in [5, 5.41) is 0. The maximum atomic E-state index is 13.7. The van der Waals surface area contributed by atoms with Crippen LogP contribution < -0.4 is 0 Å². The van der Waals surface area contributed by atoms with Crippen molar-refractivity contribution in [2.24, 2.45) is 0 Å². The quantitative estimate of drug-likeness (QED) is 0.0837. The number of aryl methyl sites for hydroxylation is 2. The van der Waals surface area contributed by atoms with Crippen molar-refractivity contribution in [3.8, 4) is 11.4 Å². The van der Waals surface area contributed by atoms with Gasteiger partial charge in [-0.05, 0) is 43.2 Å². The highest BCUT2D eigenvalue weighted by atomic mass is 19.4. The Bertz CT molecular complexity index is 1250. The van der Waals surface area contributed by atoms with Gasteiger partial charge in [0.2, 0.25) is 0 Å². The fraction of sp³-hybridized carbons (Fsp3) is 0.667. The number of alkyl halides is 13. The first-order chi connectivity index (χ1) is 22.6. The van der Waals surface area contributed by atoms with Gasteiger partial charge in [-0.3, -0.25) is 0 Å². The third-order valence-electron chi connectivity index (χ3n) is 6.72. The maximum Gasteiger partial charge on any atom is 0.527 e. The van der Waals surface area contributed by atoms with Crippen LogP contribution in [0.15, 0.2) is 36.7 Å². The standard InChI is InChI=1S/C30H35F13N2O4/c1-2-3-4-5-6-8-12-22-18-44-24(45-19-22)23-15-13-21(14-16-23)11-9-7-10-17-46-20-25(31,32)47-26(33,34)27(35,36)48-28(37,38)29(39,40)49-30(41,42)43/h13-16,18-19H,2-12,17,20H2,1H3. The lowest BCUT2D eigenvalue weighted by atomic mass is 10.0. The third kappa shape index (κ3) is 14.5. The Morgan fingerprint density at radius 1 is 0.531 bits per heavy atom. The van der Waals surface area contributed by atoms with Gasteiger partial charge < -0.3 is 4.74 Å². The average Bonchev–Trinajstić information content (AvgIpc) is 2.96.